The first kappa shape index (κ1) is 19.1. The molecule has 1 aliphatic rings. The number of carbonyl (C=O) groups is 2. The van der Waals surface area contributed by atoms with E-state index in [1.54, 1.807) is 0 Å². The van der Waals surface area contributed by atoms with Crippen LogP contribution in [0.15, 0.2) is 45.9 Å². The van der Waals surface area contributed by atoms with Gasteiger partial charge in [0.05, 0.1) is 23.8 Å². The van der Waals surface area contributed by atoms with Gasteiger partial charge in [-0.1, -0.05) is 0 Å². The Morgan fingerprint density at radius 2 is 1.74 bits per heavy atom. The molecule has 27 heavy (non-hydrogen) atoms. The SMILES string of the molecule is COC(=O)c1occc1COC(=O)c1ccc(S(=O)(=O)N2CCCC2)cc1. The van der Waals surface area contributed by atoms with Crippen molar-refractivity contribution in [3.8, 4) is 0 Å². The zero-order chi connectivity index (χ0) is 19.4. The number of furan rings is 1. The molecule has 0 N–H and O–H groups in total. The molecular formula is C18H19NO7S. The fourth-order valence-electron chi connectivity index (χ4n) is 2.79. The van der Waals surface area contributed by atoms with Crippen LogP contribution < -0.4 is 0 Å². The Labute approximate surface area is 156 Å². The molecule has 0 unspecified atom stereocenters. The molecule has 2 heterocycles. The van der Waals surface area contributed by atoms with Crippen LogP contribution in [-0.4, -0.2) is 44.9 Å². The molecule has 1 aromatic carbocycles. The summed E-state index contributed by atoms with van der Waals surface area (Å²) in [6.07, 6.45) is 3.00. The summed E-state index contributed by atoms with van der Waals surface area (Å²) in [5.41, 5.74) is 0.585. The van der Waals surface area contributed by atoms with E-state index < -0.39 is 22.0 Å². The Morgan fingerprint density at radius 3 is 2.37 bits per heavy atom. The van der Waals surface area contributed by atoms with Crippen molar-refractivity contribution in [1.82, 2.24) is 4.31 Å². The van der Waals surface area contributed by atoms with Gasteiger partial charge in [0.2, 0.25) is 15.8 Å². The van der Waals surface area contributed by atoms with Crippen molar-refractivity contribution in [1.29, 1.82) is 0 Å². The van der Waals surface area contributed by atoms with Crippen LogP contribution in [0.25, 0.3) is 0 Å². The first-order valence-corrected chi connectivity index (χ1v) is 9.79. The van der Waals surface area contributed by atoms with E-state index in [-0.39, 0.29) is 22.8 Å². The monoisotopic (exact) mass is 393 g/mol. The van der Waals surface area contributed by atoms with E-state index in [2.05, 4.69) is 4.74 Å². The molecule has 0 aliphatic carbocycles. The van der Waals surface area contributed by atoms with Gasteiger partial charge >= 0.3 is 11.9 Å². The average molecular weight is 393 g/mol. The summed E-state index contributed by atoms with van der Waals surface area (Å²) in [7, 11) is -2.31. The van der Waals surface area contributed by atoms with Crippen molar-refractivity contribution in [2.75, 3.05) is 20.2 Å². The van der Waals surface area contributed by atoms with Crippen LogP contribution >= 0.6 is 0 Å². The van der Waals surface area contributed by atoms with Gasteiger partial charge in [0.15, 0.2) is 0 Å². The number of esters is 2. The maximum Gasteiger partial charge on any atom is 0.374 e. The summed E-state index contributed by atoms with van der Waals surface area (Å²) < 4.78 is 41.2. The van der Waals surface area contributed by atoms with E-state index in [0.717, 1.165) is 12.8 Å². The third-order valence-corrected chi connectivity index (χ3v) is 6.18. The first-order chi connectivity index (χ1) is 12.9. The number of hydrogen-bond acceptors (Lipinski definition) is 7. The second-order valence-corrected chi connectivity index (χ2v) is 7.92. The third-order valence-electron chi connectivity index (χ3n) is 4.27. The van der Waals surface area contributed by atoms with E-state index >= 15 is 0 Å². The van der Waals surface area contributed by atoms with Crippen LogP contribution in [0.1, 0.15) is 39.3 Å². The van der Waals surface area contributed by atoms with Crippen molar-refractivity contribution in [2.45, 2.75) is 24.3 Å². The summed E-state index contributed by atoms with van der Waals surface area (Å²) >= 11 is 0. The lowest BCUT2D eigenvalue weighted by Gasteiger charge is -2.15. The van der Waals surface area contributed by atoms with Crippen LogP contribution in [0.4, 0.5) is 0 Å². The number of ether oxygens (including phenoxy) is 2. The number of benzene rings is 1. The number of carbonyl (C=O) groups excluding carboxylic acids is 2. The molecule has 0 bridgehead atoms. The highest BCUT2D eigenvalue weighted by molar-refractivity contribution is 7.89. The summed E-state index contributed by atoms with van der Waals surface area (Å²) in [6, 6.07) is 7.10. The normalized spacial score (nSPS) is 14.9. The van der Waals surface area contributed by atoms with Gasteiger partial charge in [0.1, 0.15) is 6.61 Å². The molecule has 0 amide bonds. The summed E-state index contributed by atoms with van der Waals surface area (Å²) in [6.45, 7) is 0.853. The standard InChI is InChI=1S/C18H19NO7S/c1-24-18(21)16-14(8-11-25-16)12-26-17(20)13-4-6-15(7-5-13)27(22,23)19-9-2-3-10-19/h4-8,11H,2-3,9-10,12H2,1H3. The maximum absolute atomic E-state index is 12.5. The first-order valence-electron chi connectivity index (χ1n) is 8.35. The zero-order valence-corrected chi connectivity index (χ0v) is 15.5. The number of nitrogens with zero attached hydrogens (tertiary/aromatic N) is 1. The van der Waals surface area contributed by atoms with E-state index in [4.69, 9.17) is 9.15 Å². The molecular weight excluding hydrogens is 374 g/mol. The Kier molecular flexibility index (Phi) is 5.62. The predicted octanol–water partition coefficient (Wildman–Crippen LogP) is 2.21. The molecule has 1 aliphatic heterocycles. The quantitative estimate of drug-likeness (QED) is 0.693. The Bertz CT molecular complexity index is 925. The van der Waals surface area contributed by atoms with E-state index in [9.17, 15) is 18.0 Å². The highest BCUT2D eigenvalue weighted by Crippen LogP contribution is 2.21. The Hall–Kier alpha value is -2.65. The minimum absolute atomic E-state index is 0.0302. The second-order valence-electron chi connectivity index (χ2n) is 5.98. The topological polar surface area (TPSA) is 103 Å². The number of sulfonamides is 1. The molecule has 1 aromatic heterocycles. The largest absolute Gasteiger partial charge is 0.463 e. The van der Waals surface area contributed by atoms with Crippen molar-refractivity contribution < 1.29 is 31.9 Å². The maximum atomic E-state index is 12.5. The van der Waals surface area contributed by atoms with Crippen LogP contribution in [0.2, 0.25) is 0 Å². The molecule has 0 radical (unpaired) electrons. The molecule has 3 rings (SSSR count). The summed E-state index contributed by atoms with van der Waals surface area (Å²) in [5, 5.41) is 0. The van der Waals surface area contributed by atoms with Crippen LogP contribution in [0.5, 0.6) is 0 Å². The lowest BCUT2D eigenvalue weighted by Crippen LogP contribution is -2.27. The molecule has 1 fully saturated rings. The highest BCUT2D eigenvalue weighted by Gasteiger charge is 2.27. The fourth-order valence-corrected chi connectivity index (χ4v) is 4.31. The fraction of sp³-hybridized carbons (Fsp3) is 0.333. The third kappa shape index (κ3) is 4.04. The number of rotatable bonds is 6. The minimum atomic E-state index is -3.53. The van der Waals surface area contributed by atoms with Gasteiger partial charge in [0, 0.05) is 18.7 Å². The van der Waals surface area contributed by atoms with E-state index in [0.29, 0.717) is 18.7 Å². The summed E-state index contributed by atoms with van der Waals surface area (Å²) in [4.78, 5) is 23.9. The molecule has 0 spiro atoms. The predicted molar refractivity (Wildman–Crippen MR) is 93.6 cm³/mol. The van der Waals surface area contributed by atoms with E-state index in [1.807, 2.05) is 0 Å². The van der Waals surface area contributed by atoms with Crippen LogP contribution in [0.3, 0.4) is 0 Å². The summed E-state index contributed by atoms with van der Waals surface area (Å²) in [5.74, 6) is -1.34. The molecule has 0 atom stereocenters. The lowest BCUT2D eigenvalue weighted by molar-refractivity contribution is 0.0453. The molecule has 1 saturated heterocycles. The number of methoxy groups -OCH3 is 1. The van der Waals surface area contributed by atoms with Gasteiger partial charge in [-0.15, -0.1) is 0 Å². The smallest absolute Gasteiger partial charge is 0.374 e. The van der Waals surface area contributed by atoms with Crippen LogP contribution in [0, 0.1) is 0 Å². The van der Waals surface area contributed by atoms with Crippen molar-refractivity contribution in [3.63, 3.8) is 0 Å². The Morgan fingerprint density at radius 1 is 1.07 bits per heavy atom. The number of hydrogen-bond donors (Lipinski definition) is 0. The van der Waals surface area contributed by atoms with Gasteiger partial charge < -0.3 is 13.9 Å². The zero-order valence-electron chi connectivity index (χ0n) is 14.7. The molecule has 144 valence electrons. The molecule has 2 aromatic rings. The van der Waals surface area contributed by atoms with Crippen molar-refractivity contribution in [2.24, 2.45) is 0 Å². The minimum Gasteiger partial charge on any atom is -0.463 e. The van der Waals surface area contributed by atoms with Gasteiger partial charge in [-0.25, -0.2) is 18.0 Å². The van der Waals surface area contributed by atoms with Gasteiger partial charge in [-0.3, -0.25) is 0 Å². The van der Waals surface area contributed by atoms with Crippen molar-refractivity contribution >= 4 is 22.0 Å². The average Bonchev–Trinajstić information content (AvgIpc) is 3.37. The molecule has 8 nitrogen and oxygen atoms in total. The Balaban J connectivity index is 1.66. The lowest BCUT2D eigenvalue weighted by atomic mass is 10.2. The van der Waals surface area contributed by atoms with Gasteiger partial charge in [0.25, 0.3) is 0 Å². The van der Waals surface area contributed by atoms with Gasteiger partial charge in [-0.05, 0) is 43.2 Å². The van der Waals surface area contributed by atoms with Crippen LogP contribution in [-0.2, 0) is 26.1 Å². The molecule has 9 heteroatoms. The highest BCUT2D eigenvalue weighted by atomic mass is 32.2. The molecule has 0 saturated carbocycles. The van der Waals surface area contributed by atoms with Crippen molar-refractivity contribution in [3.05, 3.63) is 53.5 Å². The second kappa shape index (κ2) is 7.93. The van der Waals surface area contributed by atoms with Gasteiger partial charge in [-0.2, -0.15) is 4.31 Å². The van der Waals surface area contributed by atoms with E-state index in [1.165, 1.54) is 48.0 Å².